The molecule has 5 aliphatic rings. The van der Waals surface area contributed by atoms with E-state index in [9.17, 15) is 19.2 Å². The van der Waals surface area contributed by atoms with Gasteiger partial charge >= 0.3 is 6.03 Å². The van der Waals surface area contributed by atoms with Gasteiger partial charge in [0.25, 0.3) is 5.91 Å². The van der Waals surface area contributed by atoms with Crippen LogP contribution < -0.4 is 10.7 Å². The summed E-state index contributed by atoms with van der Waals surface area (Å²) in [6.07, 6.45) is 7.56. The molecule has 1 saturated carbocycles. The number of ether oxygens (including phenoxy) is 3. The van der Waals surface area contributed by atoms with Crippen molar-refractivity contribution < 1.29 is 41.0 Å². The van der Waals surface area contributed by atoms with Gasteiger partial charge < -0.3 is 38.7 Å². The van der Waals surface area contributed by atoms with E-state index in [0.29, 0.717) is 51.8 Å². The Balaban J connectivity index is 0.00000215. The number of rotatable bonds is 10. The van der Waals surface area contributed by atoms with Crippen molar-refractivity contribution in [2.24, 2.45) is 28.6 Å². The molecule has 6 bridgehead atoms. The topological polar surface area (TPSA) is 178 Å². The minimum Gasteiger partial charge on any atom is -0.381 e. The molecule has 7 heterocycles. The first-order valence-corrected chi connectivity index (χ1v) is 26.4. The van der Waals surface area contributed by atoms with E-state index in [2.05, 4.69) is 60.3 Å². The highest BCUT2D eigenvalue weighted by molar-refractivity contribution is 7.10. The Morgan fingerprint density at radius 3 is 2.56 bits per heavy atom. The van der Waals surface area contributed by atoms with Gasteiger partial charge in [-0.1, -0.05) is 33.8 Å². The molecule has 1 aliphatic carbocycles. The van der Waals surface area contributed by atoms with Crippen LogP contribution >= 0.6 is 11.3 Å². The van der Waals surface area contributed by atoms with E-state index in [1.807, 2.05) is 50.1 Å². The number of likely N-dealkylation sites (tertiary alicyclic amines) is 1. The Labute approximate surface area is 425 Å². The third kappa shape index (κ3) is 10.9. The third-order valence-corrected chi connectivity index (χ3v) is 16.4. The number of ketones is 1. The molecule has 4 fully saturated rings. The van der Waals surface area contributed by atoms with Gasteiger partial charge in [-0.15, -0.1) is 11.3 Å². The lowest BCUT2D eigenvalue weighted by molar-refractivity contribution is -0.142. The summed E-state index contributed by atoms with van der Waals surface area (Å²) in [7, 11) is 3.41. The second-order valence-electron chi connectivity index (χ2n) is 21.7. The van der Waals surface area contributed by atoms with Crippen LogP contribution in [0.2, 0.25) is 0 Å². The number of hydrogen-bond donors (Lipinski definition) is 2. The summed E-state index contributed by atoms with van der Waals surface area (Å²) >= 11 is 1.48. The Hall–Kier alpha value is -5.07. The normalized spacial score (nSPS) is 23.2. The van der Waals surface area contributed by atoms with E-state index in [0.717, 1.165) is 95.6 Å². The zero-order chi connectivity index (χ0) is 50.8. The van der Waals surface area contributed by atoms with Gasteiger partial charge in [-0.05, 0) is 100.0 Å². The summed E-state index contributed by atoms with van der Waals surface area (Å²) in [4.78, 5) is 77.8. The second kappa shape index (κ2) is 22.0. The minimum absolute atomic E-state index is 0. The van der Waals surface area contributed by atoms with E-state index in [1.54, 1.807) is 19.2 Å². The molecule has 4 aliphatic heterocycles. The van der Waals surface area contributed by atoms with Crippen molar-refractivity contribution in [2.45, 2.75) is 124 Å². The fraction of sp³-hybridized carbons (Fsp3) is 0.611. The minimum atomic E-state index is -0.939. The van der Waals surface area contributed by atoms with Crippen molar-refractivity contribution in [3.05, 3.63) is 58.2 Å². The number of urea groups is 1. The number of hydrazine groups is 1. The molecule has 2 unspecified atom stereocenters. The average Bonchev–Trinajstić information content (AvgIpc) is 4.08. The highest BCUT2D eigenvalue weighted by Crippen LogP contribution is 2.50. The summed E-state index contributed by atoms with van der Waals surface area (Å²) < 4.78 is 20.0. The monoisotopic (exact) mass is 999 g/mol. The maximum absolute atomic E-state index is 14.7. The first kappa shape index (κ1) is 52.3. The summed E-state index contributed by atoms with van der Waals surface area (Å²) in [6, 6.07) is 8.75. The predicted molar refractivity (Wildman–Crippen MR) is 278 cm³/mol. The number of likely N-dealkylation sites (N-methyl/N-ethyl adjacent to an activating group) is 1. The maximum Gasteiger partial charge on any atom is 0.320 e. The number of thiazole rings is 1. The van der Waals surface area contributed by atoms with Gasteiger partial charge in [-0.2, -0.15) is 0 Å². The van der Waals surface area contributed by atoms with Crippen molar-refractivity contribution in [1.29, 1.82) is 0 Å². The third-order valence-electron chi connectivity index (χ3n) is 15.5. The highest BCUT2D eigenvalue weighted by Gasteiger charge is 2.53. The molecule has 1 aromatic carbocycles. The maximum atomic E-state index is 14.7. The predicted octanol–water partition coefficient (Wildman–Crippen LogP) is 7.77. The molecule has 4 aromatic rings. The lowest BCUT2D eigenvalue weighted by atomic mass is 9.76. The first-order chi connectivity index (χ1) is 34.1. The fourth-order valence-electron chi connectivity index (χ4n) is 11.8. The number of benzene rings is 1. The second-order valence-corrected chi connectivity index (χ2v) is 22.6. The van der Waals surface area contributed by atoms with Crippen LogP contribution in [0.4, 0.5) is 4.79 Å². The number of nitrogens with one attached hydrogen (secondary N) is 2. The molecule has 16 nitrogen and oxygen atoms in total. The zero-order valence-electron chi connectivity index (χ0n) is 43.0. The lowest BCUT2D eigenvalue weighted by Crippen LogP contribution is -2.64. The molecular formula is C54H78N8O8S. The number of fused-ring (bicyclic) bond motifs is 6. The molecule has 1 spiro atoms. The number of carbonyl (C=O) groups is 5. The number of amides is 4. The van der Waals surface area contributed by atoms with Gasteiger partial charge in [-0.3, -0.25) is 24.4 Å². The van der Waals surface area contributed by atoms with E-state index in [1.165, 1.54) is 21.8 Å². The van der Waals surface area contributed by atoms with Crippen LogP contribution in [0.5, 0.6) is 0 Å². The van der Waals surface area contributed by atoms with Gasteiger partial charge in [0.1, 0.15) is 24.7 Å². The number of pyridine rings is 1. The SMILES string of the molecule is C=O.CCn1c(-c2cccnc2[C@H](C)OC)c2c3cc(ccc31)-c1csc(n1)C[C@H](NC(=O)[C@H](C(C)C)N(C)C(=O)N1CC3(CCC(C(=O)C4COC4)C3)C1)C(=O)N1CCCC(CCOCC(C)(C)C2)N1.[HH].[HH]. The van der Waals surface area contributed by atoms with E-state index < -0.39 is 12.1 Å². The zero-order valence-corrected chi connectivity index (χ0v) is 43.8. The largest absolute Gasteiger partial charge is 0.381 e. The van der Waals surface area contributed by atoms with E-state index in [4.69, 9.17) is 29.0 Å². The van der Waals surface area contributed by atoms with Crippen molar-refractivity contribution in [3.8, 4) is 22.5 Å². The summed E-state index contributed by atoms with van der Waals surface area (Å²) in [5.74, 6) is -0.500. The molecule has 5 atom stereocenters. The Morgan fingerprint density at radius 1 is 1.08 bits per heavy atom. The standard InChI is InChI=1S/C53H72N8O7S.CH2O.2H2/c1-9-60-43-15-14-34-22-39(43)40(47(60)38-13-10-19-54-45(38)33(4)66-8)25-52(5,6)31-67-21-17-37-12-11-20-61(57-37)50(64)41(23-44-55-42(34)28-69-44)56-49(63)46(32(2)3)58(7)51(65)59-29-53(30-59)18-16-35(24-53)48(62)36-26-68-27-36;1-2;;/h10,13-15,19,22,28,32-33,35-37,41,46,57H,9,11-12,16-18,20-21,23-27,29-31H2,1-8H3,(H,56,63);1H2;2*1H/t33-,35?,37?,41-,46-;;;/m0.../s1. The van der Waals surface area contributed by atoms with E-state index in [-0.39, 0.29) is 67.8 Å². The van der Waals surface area contributed by atoms with Crippen molar-refractivity contribution >= 4 is 52.7 Å². The Bertz CT molecular complexity index is 2580. The van der Waals surface area contributed by atoms with Crippen molar-refractivity contribution in [2.75, 3.05) is 60.2 Å². The summed E-state index contributed by atoms with van der Waals surface area (Å²) in [5, 5.41) is 8.73. The summed E-state index contributed by atoms with van der Waals surface area (Å²) in [5.41, 5.74) is 10.4. The van der Waals surface area contributed by atoms with Crippen LogP contribution in [-0.4, -0.2) is 138 Å². The van der Waals surface area contributed by atoms with Crippen molar-refractivity contribution in [1.82, 2.24) is 40.1 Å². The average molecular weight is 999 g/mol. The number of nitrogens with zero attached hydrogens (tertiary/aromatic N) is 6. The Morgan fingerprint density at radius 2 is 1.86 bits per heavy atom. The Kier molecular flexibility index (Phi) is 16.2. The van der Waals surface area contributed by atoms with Crippen LogP contribution in [0.3, 0.4) is 0 Å². The number of methoxy groups -OCH3 is 1. The number of hydrogen-bond acceptors (Lipinski definition) is 12. The highest BCUT2D eigenvalue weighted by atomic mass is 32.1. The molecule has 3 aromatic heterocycles. The van der Waals surface area contributed by atoms with Crippen LogP contribution in [0.1, 0.15) is 105 Å². The molecule has 17 heteroatoms. The first-order valence-electron chi connectivity index (χ1n) is 25.5. The molecular weight excluding hydrogens is 921 g/mol. The molecule has 388 valence electrons. The van der Waals surface area contributed by atoms with Crippen LogP contribution in [0.15, 0.2) is 41.9 Å². The van der Waals surface area contributed by atoms with Crippen LogP contribution in [0.25, 0.3) is 33.4 Å². The van der Waals surface area contributed by atoms with Gasteiger partial charge in [0, 0.05) is 107 Å². The number of aryl methyl sites for hydroxylation is 1. The van der Waals surface area contributed by atoms with Crippen LogP contribution in [0, 0.1) is 28.6 Å². The number of carbonyl (C=O) groups excluding carboxylic acids is 5. The fourth-order valence-corrected chi connectivity index (χ4v) is 12.6. The lowest BCUT2D eigenvalue weighted by Gasteiger charge is -2.50. The molecule has 9 rings (SSSR count). The molecule has 2 N–H and O–H groups in total. The molecule has 4 amide bonds. The van der Waals surface area contributed by atoms with Gasteiger partial charge in [-0.25, -0.2) is 15.2 Å². The quantitative estimate of drug-likeness (QED) is 0.159. The summed E-state index contributed by atoms with van der Waals surface area (Å²) in [6.45, 7) is 19.1. The molecule has 0 radical (unpaired) electrons. The van der Waals surface area contributed by atoms with E-state index >= 15 is 0 Å². The van der Waals surface area contributed by atoms with Gasteiger partial charge in [0.15, 0.2) is 0 Å². The smallest absolute Gasteiger partial charge is 0.320 e. The number of aromatic nitrogens is 3. The molecule has 3 saturated heterocycles. The van der Waals surface area contributed by atoms with Crippen molar-refractivity contribution in [3.63, 3.8) is 0 Å². The molecule has 71 heavy (non-hydrogen) atoms. The van der Waals surface area contributed by atoms with Crippen LogP contribution in [-0.2, 0) is 52.8 Å². The number of Topliss-reactive ketones (excluding diaryl/α,β-unsaturated/α-hetero) is 1. The van der Waals surface area contributed by atoms with Gasteiger partial charge in [0.05, 0.1) is 53.9 Å². The van der Waals surface area contributed by atoms with Gasteiger partial charge in [0.2, 0.25) is 5.91 Å².